The Bertz CT molecular complexity index is 239. The average molecular weight is 256 g/mol. The quantitative estimate of drug-likeness (QED) is 0.734. The first-order valence-corrected chi connectivity index (χ1v) is 7.56. The Morgan fingerprint density at radius 2 is 1.94 bits per heavy atom. The summed E-state index contributed by atoms with van der Waals surface area (Å²) in [5.41, 5.74) is 6.68. The van der Waals surface area contributed by atoms with Crippen LogP contribution in [0, 0.1) is 11.3 Å². The Labute approximate surface area is 113 Å². The Kier molecular flexibility index (Phi) is 6.09. The zero-order chi connectivity index (χ0) is 13.8. The molecular weight excluding hydrogens is 224 g/mol. The van der Waals surface area contributed by atoms with Gasteiger partial charge >= 0.3 is 0 Å². The Balaban J connectivity index is 2.61. The zero-order valence-electron chi connectivity index (χ0n) is 12.7. The van der Waals surface area contributed by atoms with E-state index in [0.717, 1.165) is 25.9 Å². The van der Waals surface area contributed by atoms with Crippen molar-refractivity contribution in [2.75, 3.05) is 19.7 Å². The van der Waals surface area contributed by atoms with Gasteiger partial charge in [0.2, 0.25) is 0 Å². The van der Waals surface area contributed by atoms with Gasteiger partial charge in [-0.3, -0.25) is 4.90 Å². The van der Waals surface area contributed by atoms with Crippen molar-refractivity contribution in [3.05, 3.63) is 0 Å². The van der Waals surface area contributed by atoms with Crippen molar-refractivity contribution < 1.29 is 5.11 Å². The molecule has 1 fully saturated rings. The number of nitrogens with two attached hydrogens (primary N) is 1. The molecule has 0 bridgehead atoms. The van der Waals surface area contributed by atoms with Gasteiger partial charge in [0.1, 0.15) is 0 Å². The fourth-order valence-corrected chi connectivity index (χ4v) is 3.40. The topological polar surface area (TPSA) is 49.5 Å². The van der Waals surface area contributed by atoms with E-state index in [4.69, 9.17) is 5.73 Å². The van der Waals surface area contributed by atoms with Crippen LogP contribution in [0.15, 0.2) is 0 Å². The summed E-state index contributed by atoms with van der Waals surface area (Å²) in [6.45, 7) is 11.1. The summed E-state index contributed by atoms with van der Waals surface area (Å²) >= 11 is 0. The highest BCUT2D eigenvalue weighted by Crippen LogP contribution is 2.40. The van der Waals surface area contributed by atoms with Gasteiger partial charge in [0, 0.05) is 25.2 Å². The smallest absolute Gasteiger partial charge is 0.0558 e. The Hall–Kier alpha value is -0.120. The Morgan fingerprint density at radius 1 is 1.33 bits per heavy atom. The van der Waals surface area contributed by atoms with Gasteiger partial charge in [-0.15, -0.1) is 0 Å². The molecule has 0 aliphatic heterocycles. The first-order valence-electron chi connectivity index (χ1n) is 7.56. The van der Waals surface area contributed by atoms with Crippen LogP contribution in [0.2, 0.25) is 0 Å². The molecule has 1 aliphatic carbocycles. The fourth-order valence-electron chi connectivity index (χ4n) is 3.40. The highest BCUT2D eigenvalue weighted by Gasteiger charge is 2.40. The summed E-state index contributed by atoms with van der Waals surface area (Å²) < 4.78 is 0. The molecule has 3 heteroatoms. The number of aliphatic hydroxyl groups is 1. The van der Waals surface area contributed by atoms with Crippen molar-refractivity contribution in [1.29, 1.82) is 0 Å². The van der Waals surface area contributed by atoms with Crippen molar-refractivity contribution in [3.63, 3.8) is 0 Å². The summed E-state index contributed by atoms with van der Waals surface area (Å²) in [4.78, 5) is 2.45. The van der Waals surface area contributed by atoms with Gasteiger partial charge in [-0.25, -0.2) is 0 Å². The van der Waals surface area contributed by atoms with Crippen LogP contribution in [0.25, 0.3) is 0 Å². The van der Waals surface area contributed by atoms with Crippen LogP contribution < -0.4 is 5.73 Å². The van der Waals surface area contributed by atoms with Gasteiger partial charge in [0.25, 0.3) is 0 Å². The van der Waals surface area contributed by atoms with Crippen molar-refractivity contribution in [2.24, 2.45) is 17.1 Å². The summed E-state index contributed by atoms with van der Waals surface area (Å²) in [5, 5.41) is 9.25. The number of aliphatic hydroxyl groups excluding tert-OH is 1. The molecule has 0 amide bonds. The van der Waals surface area contributed by atoms with Crippen LogP contribution >= 0.6 is 0 Å². The van der Waals surface area contributed by atoms with Crippen LogP contribution in [0.1, 0.15) is 53.4 Å². The number of hydrogen-bond donors (Lipinski definition) is 2. The largest absolute Gasteiger partial charge is 0.395 e. The molecule has 1 saturated carbocycles. The maximum absolute atomic E-state index is 9.25. The minimum atomic E-state index is 0.252. The SMILES string of the molecule is CCC(CC)N(CCO)CC1CCC(C)(C)C1N. The van der Waals surface area contributed by atoms with E-state index in [-0.39, 0.29) is 12.0 Å². The van der Waals surface area contributed by atoms with E-state index in [1.807, 2.05) is 0 Å². The molecule has 108 valence electrons. The van der Waals surface area contributed by atoms with E-state index in [1.165, 1.54) is 12.8 Å². The number of hydrogen-bond acceptors (Lipinski definition) is 3. The molecule has 0 aromatic heterocycles. The van der Waals surface area contributed by atoms with Gasteiger partial charge in [0.05, 0.1) is 6.61 Å². The maximum Gasteiger partial charge on any atom is 0.0558 e. The van der Waals surface area contributed by atoms with Gasteiger partial charge in [0.15, 0.2) is 0 Å². The standard InChI is InChI=1S/C15H32N2O/c1-5-13(6-2)17(9-10-18)11-12-7-8-15(3,4)14(12)16/h12-14,18H,5-11,16H2,1-4H3. The third-order valence-electron chi connectivity index (χ3n) is 4.88. The monoisotopic (exact) mass is 256 g/mol. The minimum absolute atomic E-state index is 0.252. The molecule has 2 atom stereocenters. The lowest BCUT2D eigenvalue weighted by Crippen LogP contribution is -2.45. The molecule has 0 aromatic rings. The van der Waals surface area contributed by atoms with E-state index in [1.54, 1.807) is 0 Å². The molecule has 1 rings (SSSR count). The van der Waals surface area contributed by atoms with Crippen LogP contribution in [-0.4, -0.2) is 41.8 Å². The summed E-state index contributed by atoms with van der Waals surface area (Å²) in [7, 11) is 0. The normalized spacial score (nSPS) is 27.3. The maximum atomic E-state index is 9.25. The van der Waals surface area contributed by atoms with E-state index >= 15 is 0 Å². The van der Waals surface area contributed by atoms with E-state index in [9.17, 15) is 5.11 Å². The van der Waals surface area contributed by atoms with E-state index in [2.05, 4.69) is 32.6 Å². The lowest BCUT2D eigenvalue weighted by Gasteiger charge is -2.35. The third kappa shape index (κ3) is 3.69. The van der Waals surface area contributed by atoms with Gasteiger partial charge < -0.3 is 10.8 Å². The third-order valence-corrected chi connectivity index (χ3v) is 4.88. The second-order valence-electron chi connectivity index (χ2n) is 6.50. The van der Waals surface area contributed by atoms with Crippen LogP contribution in [0.3, 0.4) is 0 Å². The van der Waals surface area contributed by atoms with Crippen molar-refractivity contribution >= 4 is 0 Å². The van der Waals surface area contributed by atoms with Gasteiger partial charge in [-0.05, 0) is 37.0 Å². The van der Waals surface area contributed by atoms with E-state index in [0.29, 0.717) is 18.0 Å². The summed E-state index contributed by atoms with van der Waals surface area (Å²) in [5.74, 6) is 0.590. The van der Waals surface area contributed by atoms with E-state index < -0.39 is 0 Å². The second-order valence-corrected chi connectivity index (χ2v) is 6.50. The van der Waals surface area contributed by atoms with Gasteiger partial charge in [-0.1, -0.05) is 27.7 Å². The highest BCUT2D eigenvalue weighted by atomic mass is 16.3. The predicted octanol–water partition coefficient (Wildman–Crippen LogP) is 2.23. The summed E-state index contributed by atoms with van der Waals surface area (Å²) in [6, 6.07) is 0.890. The number of rotatable bonds is 7. The molecule has 3 N–H and O–H groups in total. The number of nitrogens with zero attached hydrogens (tertiary/aromatic N) is 1. The van der Waals surface area contributed by atoms with Crippen LogP contribution in [0.5, 0.6) is 0 Å². The lowest BCUT2D eigenvalue weighted by atomic mass is 9.85. The molecular formula is C15H32N2O. The van der Waals surface area contributed by atoms with Gasteiger partial charge in [-0.2, -0.15) is 0 Å². The summed E-state index contributed by atoms with van der Waals surface area (Å²) in [6.07, 6.45) is 4.77. The van der Waals surface area contributed by atoms with Crippen molar-refractivity contribution in [2.45, 2.75) is 65.5 Å². The fraction of sp³-hybridized carbons (Fsp3) is 1.00. The van der Waals surface area contributed by atoms with Crippen molar-refractivity contribution in [1.82, 2.24) is 4.90 Å². The second kappa shape index (κ2) is 6.88. The Morgan fingerprint density at radius 3 is 2.33 bits per heavy atom. The molecule has 18 heavy (non-hydrogen) atoms. The molecule has 0 heterocycles. The molecule has 0 spiro atoms. The molecule has 0 saturated heterocycles. The average Bonchev–Trinajstić information content (AvgIpc) is 2.58. The van der Waals surface area contributed by atoms with Crippen LogP contribution in [0.4, 0.5) is 0 Å². The highest BCUT2D eigenvalue weighted by molar-refractivity contribution is 4.95. The molecule has 2 unspecified atom stereocenters. The molecule has 3 nitrogen and oxygen atoms in total. The van der Waals surface area contributed by atoms with Crippen molar-refractivity contribution in [3.8, 4) is 0 Å². The minimum Gasteiger partial charge on any atom is -0.395 e. The molecule has 1 aliphatic rings. The first-order chi connectivity index (χ1) is 8.46. The molecule has 0 aromatic carbocycles. The molecule has 0 radical (unpaired) electrons. The predicted molar refractivity (Wildman–Crippen MR) is 77.5 cm³/mol. The first kappa shape index (κ1) is 15.9. The van der Waals surface area contributed by atoms with Crippen LogP contribution in [-0.2, 0) is 0 Å². The zero-order valence-corrected chi connectivity index (χ0v) is 12.7. The lowest BCUT2D eigenvalue weighted by molar-refractivity contribution is 0.116.